The Morgan fingerprint density at radius 1 is 1.88 bits per heavy atom. The predicted molar refractivity (Wildman–Crippen MR) is 30.7 cm³/mol. The van der Waals surface area contributed by atoms with E-state index >= 15 is 0 Å². The molecule has 0 N–H and O–H groups in total. The second-order valence-corrected chi connectivity index (χ2v) is 1.00. The molecule has 3 nitrogen and oxygen atoms in total. The Morgan fingerprint density at radius 2 is 2.50 bits per heavy atom. The number of hydrogen-bond acceptors (Lipinski definition) is 3. The summed E-state index contributed by atoms with van der Waals surface area (Å²) >= 11 is 0. The van der Waals surface area contributed by atoms with Gasteiger partial charge in [-0.25, -0.2) is 4.79 Å². The van der Waals surface area contributed by atoms with Crippen LogP contribution in [0.5, 0.6) is 0 Å². The van der Waals surface area contributed by atoms with Crippen molar-refractivity contribution < 1.29 is 9.53 Å². The molecular formula is C5H7NO2. The number of carbonyl (C=O) groups is 1. The van der Waals surface area contributed by atoms with E-state index < -0.39 is 5.97 Å². The van der Waals surface area contributed by atoms with Crippen molar-refractivity contribution in [3.63, 3.8) is 0 Å². The van der Waals surface area contributed by atoms with Crippen LogP contribution in [-0.4, -0.2) is 19.4 Å². The van der Waals surface area contributed by atoms with Crippen molar-refractivity contribution >= 4 is 12.4 Å². The molecule has 8 heavy (non-hydrogen) atoms. The van der Waals surface area contributed by atoms with Crippen LogP contribution in [-0.2, 0) is 9.53 Å². The fourth-order valence-corrected chi connectivity index (χ4v) is 0.153. The monoisotopic (exact) mass is 113 g/mol. The molecule has 0 atom stereocenters. The molecule has 0 heterocycles. The lowest BCUT2D eigenvalue weighted by molar-refractivity contribution is -0.129. The molecular weight excluding hydrogens is 106 g/mol. The highest BCUT2D eigenvalue weighted by molar-refractivity contribution is 5.86. The summed E-state index contributed by atoms with van der Waals surface area (Å²) in [6.07, 6.45) is 2.13. The minimum Gasteiger partial charge on any atom is -0.412 e. The minimum atomic E-state index is -0.490. The fraction of sp³-hybridized carbons (Fsp3) is 0.200. The lowest BCUT2D eigenvalue weighted by Gasteiger charge is -1.85. The Balaban J connectivity index is 3.39. The first kappa shape index (κ1) is 6.88. The van der Waals surface area contributed by atoms with Crippen molar-refractivity contribution in [2.45, 2.75) is 0 Å². The second-order valence-electron chi connectivity index (χ2n) is 1.00. The molecule has 44 valence electrons. The molecule has 0 aromatic rings. The molecule has 0 fully saturated rings. The van der Waals surface area contributed by atoms with Gasteiger partial charge in [0.25, 0.3) is 0 Å². The quantitative estimate of drug-likeness (QED) is 0.224. The van der Waals surface area contributed by atoms with Crippen LogP contribution in [0.1, 0.15) is 0 Å². The van der Waals surface area contributed by atoms with Crippen LogP contribution in [0.15, 0.2) is 17.6 Å². The maximum Gasteiger partial charge on any atom is 0.336 e. The Hall–Kier alpha value is -1.12. The van der Waals surface area contributed by atoms with E-state index in [0.29, 0.717) is 0 Å². The molecule has 0 saturated carbocycles. The molecule has 0 aliphatic carbocycles. The number of esters is 1. The predicted octanol–water partition coefficient (Wildman–Crippen LogP) is 0.374. The number of aliphatic imine (C=N–C) groups is 1. The van der Waals surface area contributed by atoms with Crippen molar-refractivity contribution in [3.8, 4) is 0 Å². The van der Waals surface area contributed by atoms with E-state index in [1.54, 1.807) is 0 Å². The van der Waals surface area contributed by atoms with Crippen LogP contribution in [0.4, 0.5) is 0 Å². The van der Waals surface area contributed by atoms with Gasteiger partial charge in [0.05, 0.1) is 0 Å². The summed E-state index contributed by atoms with van der Waals surface area (Å²) < 4.78 is 4.29. The van der Waals surface area contributed by atoms with Gasteiger partial charge in [0.2, 0.25) is 0 Å². The minimum absolute atomic E-state index is 0.490. The first-order chi connectivity index (χ1) is 3.81. The van der Waals surface area contributed by atoms with Gasteiger partial charge in [0.1, 0.15) is 0 Å². The van der Waals surface area contributed by atoms with Gasteiger partial charge in [0.15, 0.2) is 6.40 Å². The van der Waals surface area contributed by atoms with Crippen molar-refractivity contribution in [1.29, 1.82) is 0 Å². The standard InChI is InChI=1S/C5H7NO2/c1-3-5(7)8-4-6-2/h3-4H,1H2,2H3/b6-4-. The van der Waals surface area contributed by atoms with Crippen LogP contribution in [0.3, 0.4) is 0 Å². The summed E-state index contributed by atoms with van der Waals surface area (Å²) in [7, 11) is 1.51. The van der Waals surface area contributed by atoms with Crippen molar-refractivity contribution in [3.05, 3.63) is 12.7 Å². The average molecular weight is 113 g/mol. The van der Waals surface area contributed by atoms with E-state index in [9.17, 15) is 4.79 Å². The van der Waals surface area contributed by atoms with E-state index in [0.717, 1.165) is 12.5 Å². The molecule has 0 rings (SSSR count). The lowest BCUT2D eigenvalue weighted by atomic mass is 10.7. The summed E-state index contributed by atoms with van der Waals surface area (Å²) in [4.78, 5) is 13.5. The molecule has 0 aromatic heterocycles. The average Bonchev–Trinajstić information content (AvgIpc) is 1.83. The molecule has 0 saturated heterocycles. The van der Waals surface area contributed by atoms with E-state index in [4.69, 9.17) is 0 Å². The molecule has 0 amide bonds. The molecule has 0 unspecified atom stereocenters. The van der Waals surface area contributed by atoms with E-state index in [2.05, 4.69) is 16.3 Å². The topological polar surface area (TPSA) is 38.7 Å². The lowest BCUT2D eigenvalue weighted by Crippen LogP contribution is -1.96. The third kappa shape index (κ3) is 3.08. The summed E-state index contributed by atoms with van der Waals surface area (Å²) in [6, 6.07) is 0. The van der Waals surface area contributed by atoms with Crippen LogP contribution in [0.25, 0.3) is 0 Å². The highest BCUT2D eigenvalue weighted by atomic mass is 16.5. The molecule has 0 aliphatic rings. The van der Waals surface area contributed by atoms with E-state index in [-0.39, 0.29) is 0 Å². The second kappa shape index (κ2) is 4.05. The zero-order valence-electron chi connectivity index (χ0n) is 4.63. The Morgan fingerprint density at radius 3 is 2.88 bits per heavy atom. The Labute approximate surface area is 47.7 Å². The van der Waals surface area contributed by atoms with Gasteiger partial charge in [-0.3, -0.25) is 4.99 Å². The summed E-state index contributed by atoms with van der Waals surface area (Å²) in [6.45, 7) is 3.18. The zero-order valence-corrected chi connectivity index (χ0v) is 4.63. The highest BCUT2D eigenvalue weighted by Crippen LogP contribution is 1.71. The Bertz CT molecular complexity index is 118. The number of ether oxygens (including phenoxy) is 1. The van der Waals surface area contributed by atoms with Gasteiger partial charge in [-0.15, -0.1) is 0 Å². The first-order valence-corrected chi connectivity index (χ1v) is 2.05. The third-order valence-corrected chi connectivity index (χ3v) is 0.441. The smallest absolute Gasteiger partial charge is 0.336 e. The van der Waals surface area contributed by atoms with Gasteiger partial charge in [0, 0.05) is 13.1 Å². The van der Waals surface area contributed by atoms with Crippen molar-refractivity contribution in [1.82, 2.24) is 0 Å². The van der Waals surface area contributed by atoms with Gasteiger partial charge >= 0.3 is 5.97 Å². The summed E-state index contributed by atoms with van der Waals surface area (Å²) in [5.41, 5.74) is 0. The van der Waals surface area contributed by atoms with Crippen LogP contribution in [0, 0.1) is 0 Å². The number of carbonyl (C=O) groups excluding carboxylic acids is 1. The molecule has 0 aromatic carbocycles. The number of hydrogen-bond donors (Lipinski definition) is 0. The molecule has 0 aliphatic heterocycles. The van der Waals surface area contributed by atoms with Gasteiger partial charge < -0.3 is 4.74 Å². The van der Waals surface area contributed by atoms with Gasteiger partial charge in [-0.05, 0) is 0 Å². The van der Waals surface area contributed by atoms with Crippen LogP contribution < -0.4 is 0 Å². The summed E-state index contributed by atoms with van der Waals surface area (Å²) in [5.74, 6) is -0.490. The number of rotatable bonds is 2. The maximum absolute atomic E-state index is 10.1. The van der Waals surface area contributed by atoms with Gasteiger partial charge in [-0.2, -0.15) is 0 Å². The van der Waals surface area contributed by atoms with E-state index in [1.165, 1.54) is 7.05 Å². The van der Waals surface area contributed by atoms with Crippen molar-refractivity contribution in [2.75, 3.05) is 7.05 Å². The van der Waals surface area contributed by atoms with Crippen LogP contribution in [0.2, 0.25) is 0 Å². The molecule has 3 heteroatoms. The van der Waals surface area contributed by atoms with E-state index in [1.807, 2.05) is 0 Å². The summed E-state index contributed by atoms with van der Waals surface area (Å²) in [5, 5.41) is 0. The number of nitrogens with zero attached hydrogens (tertiary/aromatic N) is 1. The molecule has 0 radical (unpaired) electrons. The normalized spacial score (nSPS) is 9.12. The molecule has 0 bridgehead atoms. The largest absolute Gasteiger partial charge is 0.412 e. The van der Waals surface area contributed by atoms with Gasteiger partial charge in [-0.1, -0.05) is 6.58 Å². The Kier molecular flexibility index (Phi) is 3.48. The third-order valence-electron chi connectivity index (χ3n) is 0.441. The van der Waals surface area contributed by atoms with Crippen molar-refractivity contribution in [2.24, 2.45) is 4.99 Å². The maximum atomic E-state index is 10.1. The fourth-order valence-electron chi connectivity index (χ4n) is 0.153. The first-order valence-electron chi connectivity index (χ1n) is 2.05. The van der Waals surface area contributed by atoms with Crippen LogP contribution >= 0.6 is 0 Å². The SMILES string of the molecule is C=CC(=O)O/C=N\C. The zero-order chi connectivity index (χ0) is 6.41. The highest BCUT2D eigenvalue weighted by Gasteiger charge is 1.86. The molecule has 0 spiro atoms.